The van der Waals surface area contributed by atoms with Crippen LogP contribution < -0.4 is 5.69 Å². The first-order chi connectivity index (χ1) is 13.0. The number of carboxylic acid groups (broad SMARTS) is 1. The van der Waals surface area contributed by atoms with Gasteiger partial charge in [0.25, 0.3) is 0 Å². The molecule has 0 saturated carbocycles. The SMILES string of the molecule is COC(=O)[C@@H](Cc1ccc2[nH]c(=O)[nH]c2c1)N(Cc1ccccc1)C(=O)O. The second kappa shape index (κ2) is 7.77. The number of fused-ring (bicyclic) bond motifs is 1. The first-order valence-corrected chi connectivity index (χ1v) is 8.30. The van der Waals surface area contributed by atoms with Gasteiger partial charge in [-0.2, -0.15) is 0 Å². The number of nitrogens with one attached hydrogen (secondary N) is 2. The van der Waals surface area contributed by atoms with Gasteiger partial charge in [-0.3, -0.25) is 4.90 Å². The van der Waals surface area contributed by atoms with Gasteiger partial charge in [0.1, 0.15) is 6.04 Å². The van der Waals surface area contributed by atoms with Crippen molar-refractivity contribution in [2.75, 3.05) is 7.11 Å². The Hall–Kier alpha value is -3.55. The number of amides is 1. The standard InChI is InChI=1S/C19H19N3O5/c1-27-17(23)16(22(19(25)26)11-12-5-3-2-4-6-12)10-13-7-8-14-15(9-13)21-18(24)20-14/h2-9,16H,10-11H2,1H3,(H,25,26)(H2,20,21,24)/t16-/m1/s1. The number of H-pyrrole nitrogens is 2. The van der Waals surface area contributed by atoms with Crippen molar-refractivity contribution >= 4 is 23.1 Å². The van der Waals surface area contributed by atoms with E-state index in [4.69, 9.17) is 4.74 Å². The third-order valence-electron chi connectivity index (χ3n) is 4.30. The van der Waals surface area contributed by atoms with Crippen LogP contribution in [0.5, 0.6) is 0 Å². The van der Waals surface area contributed by atoms with Crippen LogP contribution in [0.4, 0.5) is 4.79 Å². The molecule has 27 heavy (non-hydrogen) atoms. The van der Waals surface area contributed by atoms with E-state index in [1.54, 1.807) is 42.5 Å². The van der Waals surface area contributed by atoms with E-state index in [2.05, 4.69) is 9.97 Å². The zero-order valence-corrected chi connectivity index (χ0v) is 14.6. The van der Waals surface area contributed by atoms with Crippen molar-refractivity contribution in [3.8, 4) is 0 Å². The molecule has 0 aliphatic carbocycles. The van der Waals surface area contributed by atoms with Crippen molar-refractivity contribution < 1.29 is 19.4 Å². The number of aromatic amines is 2. The number of carbonyl (C=O) groups is 2. The first kappa shape index (κ1) is 18.2. The normalized spacial score (nSPS) is 11.9. The molecular weight excluding hydrogens is 350 g/mol. The van der Waals surface area contributed by atoms with Crippen LogP contribution in [0.3, 0.4) is 0 Å². The van der Waals surface area contributed by atoms with Crippen molar-refractivity contribution in [2.24, 2.45) is 0 Å². The molecule has 0 radical (unpaired) electrons. The second-order valence-electron chi connectivity index (χ2n) is 6.10. The lowest BCUT2D eigenvalue weighted by Crippen LogP contribution is -2.45. The Morgan fingerprint density at radius 2 is 1.78 bits per heavy atom. The Bertz CT molecular complexity index is 1010. The van der Waals surface area contributed by atoms with Crippen LogP contribution in [0.1, 0.15) is 11.1 Å². The zero-order chi connectivity index (χ0) is 19.4. The minimum absolute atomic E-state index is 0.0547. The number of benzene rings is 2. The smallest absolute Gasteiger partial charge is 0.408 e. The van der Waals surface area contributed by atoms with Crippen molar-refractivity contribution in [2.45, 2.75) is 19.0 Å². The number of ether oxygens (including phenoxy) is 1. The maximum Gasteiger partial charge on any atom is 0.408 e. The summed E-state index contributed by atoms with van der Waals surface area (Å²) < 4.78 is 4.84. The Kier molecular flexibility index (Phi) is 5.25. The highest BCUT2D eigenvalue weighted by atomic mass is 16.5. The van der Waals surface area contributed by atoms with Crippen molar-refractivity contribution in [1.82, 2.24) is 14.9 Å². The molecule has 0 fully saturated rings. The van der Waals surface area contributed by atoms with Gasteiger partial charge in [-0.15, -0.1) is 0 Å². The number of esters is 1. The van der Waals surface area contributed by atoms with Gasteiger partial charge in [0.05, 0.1) is 18.1 Å². The van der Waals surface area contributed by atoms with Gasteiger partial charge >= 0.3 is 17.8 Å². The number of carbonyl (C=O) groups excluding carboxylic acids is 1. The molecule has 0 saturated heterocycles. The molecule has 0 aliphatic heterocycles. The Morgan fingerprint density at radius 1 is 1.07 bits per heavy atom. The van der Waals surface area contributed by atoms with E-state index >= 15 is 0 Å². The number of rotatable bonds is 6. The van der Waals surface area contributed by atoms with Gasteiger partial charge in [0, 0.05) is 13.0 Å². The average Bonchev–Trinajstić information content (AvgIpc) is 3.03. The fourth-order valence-electron chi connectivity index (χ4n) is 2.98. The van der Waals surface area contributed by atoms with Gasteiger partial charge in [-0.25, -0.2) is 14.4 Å². The van der Waals surface area contributed by atoms with E-state index in [0.29, 0.717) is 16.6 Å². The minimum Gasteiger partial charge on any atom is -0.467 e. The molecule has 1 heterocycles. The Labute approximate surface area is 154 Å². The van der Waals surface area contributed by atoms with Crippen LogP contribution >= 0.6 is 0 Å². The minimum atomic E-state index is -1.22. The topological polar surface area (TPSA) is 115 Å². The Balaban J connectivity index is 1.91. The molecule has 3 N–H and O–H groups in total. The molecule has 0 bridgehead atoms. The molecule has 140 valence electrons. The summed E-state index contributed by atoms with van der Waals surface area (Å²) in [5.41, 5.74) is 2.36. The highest BCUT2D eigenvalue weighted by molar-refractivity contribution is 5.81. The van der Waals surface area contributed by atoms with Crippen LogP contribution in [0.15, 0.2) is 53.3 Å². The van der Waals surface area contributed by atoms with Gasteiger partial charge in [0.15, 0.2) is 0 Å². The molecule has 3 aromatic rings. The molecule has 8 heteroatoms. The van der Waals surface area contributed by atoms with E-state index in [1.165, 1.54) is 7.11 Å². The monoisotopic (exact) mass is 369 g/mol. The summed E-state index contributed by atoms with van der Waals surface area (Å²) in [6.07, 6.45) is -1.10. The van der Waals surface area contributed by atoms with E-state index in [1.807, 2.05) is 6.07 Å². The van der Waals surface area contributed by atoms with E-state index in [-0.39, 0.29) is 18.7 Å². The molecule has 8 nitrogen and oxygen atoms in total. The fraction of sp³-hybridized carbons (Fsp3) is 0.211. The number of hydrogen-bond donors (Lipinski definition) is 3. The lowest BCUT2D eigenvalue weighted by atomic mass is 10.0. The second-order valence-corrected chi connectivity index (χ2v) is 6.10. The highest BCUT2D eigenvalue weighted by Gasteiger charge is 2.31. The summed E-state index contributed by atoms with van der Waals surface area (Å²) in [4.78, 5) is 41.9. The summed E-state index contributed by atoms with van der Waals surface area (Å²) in [5, 5.41) is 9.67. The van der Waals surface area contributed by atoms with E-state index < -0.39 is 18.1 Å². The molecule has 1 aromatic heterocycles. The number of nitrogens with zero attached hydrogens (tertiary/aromatic N) is 1. The number of hydrogen-bond acceptors (Lipinski definition) is 4. The van der Waals surface area contributed by atoms with Crippen LogP contribution in [0.2, 0.25) is 0 Å². The zero-order valence-electron chi connectivity index (χ0n) is 14.6. The first-order valence-electron chi connectivity index (χ1n) is 8.30. The van der Waals surface area contributed by atoms with Crippen LogP contribution in [-0.4, -0.2) is 45.2 Å². The molecule has 1 atom stereocenters. The molecule has 2 aromatic carbocycles. The fourth-order valence-corrected chi connectivity index (χ4v) is 2.98. The molecule has 3 rings (SSSR count). The lowest BCUT2D eigenvalue weighted by Gasteiger charge is -2.27. The average molecular weight is 369 g/mol. The quantitative estimate of drug-likeness (QED) is 0.576. The predicted molar refractivity (Wildman–Crippen MR) is 98.4 cm³/mol. The lowest BCUT2D eigenvalue weighted by molar-refractivity contribution is -0.146. The highest BCUT2D eigenvalue weighted by Crippen LogP contribution is 2.17. The molecule has 1 amide bonds. The summed E-state index contributed by atoms with van der Waals surface area (Å²) in [5.74, 6) is -0.643. The maximum absolute atomic E-state index is 12.3. The van der Waals surface area contributed by atoms with Crippen LogP contribution in [0, 0.1) is 0 Å². The third kappa shape index (κ3) is 4.17. The molecule has 0 aliphatic rings. The largest absolute Gasteiger partial charge is 0.467 e. The van der Waals surface area contributed by atoms with E-state index in [9.17, 15) is 19.5 Å². The van der Waals surface area contributed by atoms with Crippen LogP contribution in [-0.2, 0) is 22.5 Å². The van der Waals surface area contributed by atoms with Crippen LogP contribution in [0.25, 0.3) is 11.0 Å². The number of aromatic nitrogens is 2. The van der Waals surface area contributed by atoms with Crippen molar-refractivity contribution in [3.63, 3.8) is 0 Å². The van der Waals surface area contributed by atoms with E-state index in [0.717, 1.165) is 10.5 Å². The summed E-state index contributed by atoms with van der Waals surface area (Å²) >= 11 is 0. The predicted octanol–water partition coefficient (Wildman–Crippen LogP) is 2.12. The summed E-state index contributed by atoms with van der Waals surface area (Å²) in [6.45, 7) is 0.0547. The number of imidazole rings is 1. The third-order valence-corrected chi connectivity index (χ3v) is 4.30. The van der Waals surface area contributed by atoms with Gasteiger partial charge in [0.2, 0.25) is 0 Å². The van der Waals surface area contributed by atoms with Crippen molar-refractivity contribution in [3.05, 3.63) is 70.1 Å². The van der Waals surface area contributed by atoms with Crippen molar-refractivity contribution in [1.29, 1.82) is 0 Å². The molecular formula is C19H19N3O5. The van der Waals surface area contributed by atoms with Gasteiger partial charge < -0.3 is 19.8 Å². The van der Waals surface area contributed by atoms with Gasteiger partial charge in [-0.1, -0.05) is 36.4 Å². The van der Waals surface area contributed by atoms with Gasteiger partial charge in [-0.05, 0) is 23.3 Å². The summed E-state index contributed by atoms with van der Waals surface area (Å²) in [7, 11) is 1.23. The Morgan fingerprint density at radius 3 is 2.44 bits per heavy atom. The molecule has 0 spiro atoms. The number of methoxy groups -OCH3 is 1. The maximum atomic E-state index is 12.3. The summed E-state index contributed by atoms with van der Waals surface area (Å²) in [6, 6.07) is 13.2. The molecule has 0 unspecified atom stereocenters.